The molecule has 1 heterocycles. The highest BCUT2D eigenvalue weighted by Gasteiger charge is 2.20. The highest BCUT2D eigenvalue weighted by molar-refractivity contribution is 8.04. The fourth-order valence-electron chi connectivity index (χ4n) is 2.29. The first kappa shape index (κ1) is 17.0. The number of nitrogens with one attached hydrogen (secondary N) is 1. The molecule has 0 spiro atoms. The molecule has 1 fully saturated rings. The molecule has 2 aliphatic rings. The van der Waals surface area contributed by atoms with E-state index in [1.807, 2.05) is 0 Å². The molecule has 0 amide bonds. The second-order valence-corrected chi connectivity index (χ2v) is 6.19. The smallest absolute Gasteiger partial charge is 0.203 e. The second-order valence-electron chi connectivity index (χ2n) is 5.13. The monoisotopic (exact) mass is 322 g/mol. The Kier molecular flexibility index (Phi) is 6.89. The Morgan fingerprint density at radius 1 is 1.27 bits per heavy atom. The number of ketones is 2. The van der Waals surface area contributed by atoms with Crippen LogP contribution in [0.2, 0.25) is 0 Å². The number of nitrogens with zero attached hydrogens (tertiary/aromatic N) is 1. The van der Waals surface area contributed by atoms with Gasteiger partial charge in [-0.1, -0.05) is 6.08 Å². The average Bonchev–Trinajstić information content (AvgIpc) is 2.54. The largest absolute Gasteiger partial charge is 0.382 e. The molecule has 0 radical (unpaired) electrons. The van der Waals surface area contributed by atoms with Crippen LogP contribution >= 0.6 is 11.8 Å². The van der Waals surface area contributed by atoms with Gasteiger partial charge >= 0.3 is 0 Å². The van der Waals surface area contributed by atoms with Crippen molar-refractivity contribution >= 4 is 23.3 Å². The van der Waals surface area contributed by atoms with Gasteiger partial charge in [-0.15, -0.1) is 18.3 Å². The van der Waals surface area contributed by atoms with Crippen LogP contribution in [-0.4, -0.2) is 61.6 Å². The van der Waals surface area contributed by atoms with E-state index in [4.69, 9.17) is 4.74 Å². The van der Waals surface area contributed by atoms with Crippen molar-refractivity contribution in [2.45, 2.75) is 6.42 Å². The van der Waals surface area contributed by atoms with Crippen LogP contribution in [0.25, 0.3) is 0 Å². The lowest BCUT2D eigenvalue weighted by molar-refractivity contribution is -0.115. The number of allylic oxidation sites excluding steroid dienone is 3. The Morgan fingerprint density at radius 3 is 2.77 bits per heavy atom. The number of ether oxygens (including phenoxy) is 1. The highest BCUT2D eigenvalue weighted by Crippen LogP contribution is 2.21. The standard InChI is InChI=1S/C16H22N2O3S/c1-2-10-22-16-12-14(19)13(11-15(16)20)17-4-3-5-18-6-8-21-9-7-18/h2,11-12,17H,1,3-10H2. The molecule has 120 valence electrons. The van der Waals surface area contributed by atoms with Crippen molar-refractivity contribution in [1.82, 2.24) is 10.2 Å². The SMILES string of the molecule is C=CCSC1=CC(=O)C(NCCCN2CCOCC2)=CC1=O. The number of thioether (sulfide) groups is 1. The number of morpholine rings is 1. The van der Waals surface area contributed by atoms with E-state index in [0.29, 0.717) is 22.9 Å². The average molecular weight is 322 g/mol. The summed E-state index contributed by atoms with van der Waals surface area (Å²) in [5.74, 6) is 0.390. The van der Waals surface area contributed by atoms with Crippen molar-refractivity contribution in [3.8, 4) is 0 Å². The summed E-state index contributed by atoms with van der Waals surface area (Å²) in [4.78, 5) is 26.7. The van der Waals surface area contributed by atoms with Crippen molar-refractivity contribution in [1.29, 1.82) is 0 Å². The van der Waals surface area contributed by atoms with Gasteiger partial charge in [0.05, 0.1) is 23.8 Å². The Morgan fingerprint density at radius 2 is 2.05 bits per heavy atom. The minimum Gasteiger partial charge on any atom is -0.382 e. The molecular formula is C16H22N2O3S. The van der Waals surface area contributed by atoms with Crippen molar-refractivity contribution in [2.75, 3.05) is 45.1 Å². The van der Waals surface area contributed by atoms with Gasteiger partial charge < -0.3 is 10.1 Å². The number of hydrogen-bond acceptors (Lipinski definition) is 6. The molecule has 0 saturated carbocycles. The third kappa shape index (κ3) is 5.12. The van der Waals surface area contributed by atoms with E-state index in [1.54, 1.807) is 6.08 Å². The molecule has 0 bridgehead atoms. The van der Waals surface area contributed by atoms with Gasteiger partial charge in [0.15, 0.2) is 5.78 Å². The molecule has 22 heavy (non-hydrogen) atoms. The summed E-state index contributed by atoms with van der Waals surface area (Å²) in [5.41, 5.74) is 0.398. The predicted octanol–water partition coefficient (Wildman–Crippen LogP) is 1.14. The number of hydrogen-bond donors (Lipinski definition) is 1. The Balaban J connectivity index is 1.72. The summed E-state index contributed by atoms with van der Waals surface area (Å²) in [6, 6.07) is 0. The van der Waals surface area contributed by atoms with Crippen molar-refractivity contribution in [3.63, 3.8) is 0 Å². The summed E-state index contributed by atoms with van der Waals surface area (Å²) in [5, 5.41) is 3.08. The summed E-state index contributed by atoms with van der Waals surface area (Å²) < 4.78 is 5.30. The van der Waals surface area contributed by atoms with Crippen molar-refractivity contribution < 1.29 is 14.3 Å². The minimum atomic E-state index is -0.127. The van der Waals surface area contributed by atoms with Gasteiger partial charge in [-0.3, -0.25) is 14.5 Å². The van der Waals surface area contributed by atoms with E-state index < -0.39 is 0 Å². The van der Waals surface area contributed by atoms with Gasteiger partial charge in [0, 0.05) is 37.5 Å². The molecule has 0 aromatic carbocycles. The van der Waals surface area contributed by atoms with Crippen molar-refractivity contribution in [2.24, 2.45) is 0 Å². The summed E-state index contributed by atoms with van der Waals surface area (Å²) in [6.07, 6.45) is 5.47. The van der Waals surface area contributed by atoms with Gasteiger partial charge in [-0.2, -0.15) is 0 Å². The number of rotatable bonds is 8. The minimum absolute atomic E-state index is 0.109. The highest BCUT2D eigenvalue weighted by atomic mass is 32.2. The molecule has 1 N–H and O–H groups in total. The maximum atomic E-state index is 12.0. The topological polar surface area (TPSA) is 58.6 Å². The molecule has 0 aromatic heterocycles. The van der Waals surface area contributed by atoms with Gasteiger partial charge in [-0.05, 0) is 13.0 Å². The Labute approximate surface area is 135 Å². The van der Waals surface area contributed by atoms with E-state index in [1.165, 1.54) is 23.9 Å². The van der Waals surface area contributed by atoms with Crippen molar-refractivity contribution in [3.05, 3.63) is 35.4 Å². The Hall–Kier alpha value is -1.37. The summed E-state index contributed by atoms with van der Waals surface area (Å²) in [6.45, 7) is 8.78. The first-order valence-electron chi connectivity index (χ1n) is 7.50. The predicted molar refractivity (Wildman–Crippen MR) is 88.7 cm³/mol. The number of carbonyl (C=O) groups excluding carboxylic acids is 2. The van der Waals surface area contributed by atoms with Crippen LogP contribution in [0.4, 0.5) is 0 Å². The first-order valence-corrected chi connectivity index (χ1v) is 8.49. The zero-order chi connectivity index (χ0) is 15.8. The van der Waals surface area contributed by atoms with E-state index in [0.717, 1.165) is 39.3 Å². The zero-order valence-electron chi connectivity index (χ0n) is 12.7. The lowest BCUT2D eigenvalue weighted by Crippen LogP contribution is -2.38. The van der Waals surface area contributed by atoms with E-state index >= 15 is 0 Å². The normalized spacial score (nSPS) is 19.6. The van der Waals surface area contributed by atoms with Crippen LogP contribution in [0.5, 0.6) is 0 Å². The van der Waals surface area contributed by atoms with Gasteiger partial charge in [0.25, 0.3) is 0 Å². The van der Waals surface area contributed by atoms with Crippen LogP contribution in [0, 0.1) is 0 Å². The lowest BCUT2D eigenvalue weighted by atomic mass is 10.1. The molecule has 1 saturated heterocycles. The van der Waals surface area contributed by atoms with E-state index in [2.05, 4.69) is 16.8 Å². The van der Waals surface area contributed by atoms with Crippen LogP contribution in [0.3, 0.4) is 0 Å². The molecule has 0 atom stereocenters. The molecule has 6 heteroatoms. The van der Waals surface area contributed by atoms with Crippen LogP contribution in [0.15, 0.2) is 35.4 Å². The maximum absolute atomic E-state index is 12.0. The fraction of sp³-hybridized carbons (Fsp3) is 0.500. The molecule has 1 aliphatic carbocycles. The molecule has 2 rings (SSSR count). The Bertz CT molecular complexity index is 494. The van der Waals surface area contributed by atoms with Gasteiger partial charge in [0.1, 0.15) is 0 Å². The van der Waals surface area contributed by atoms with E-state index in [9.17, 15) is 9.59 Å². The van der Waals surface area contributed by atoms with Gasteiger partial charge in [-0.25, -0.2) is 0 Å². The molecule has 1 aliphatic heterocycles. The quantitative estimate of drug-likeness (QED) is 0.411. The maximum Gasteiger partial charge on any atom is 0.203 e. The fourth-order valence-corrected chi connectivity index (χ4v) is 2.98. The third-order valence-corrected chi connectivity index (χ3v) is 4.51. The van der Waals surface area contributed by atoms with Gasteiger partial charge in [0.2, 0.25) is 5.78 Å². The summed E-state index contributed by atoms with van der Waals surface area (Å²) in [7, 11) is 0. The molecule has 0 unspecified atom stereocenters. The molecule has 5 nitrogen and oxygen atoms in total. The zero-order valence-corrected chi connectivity index (χ0v) is 13.5. The first-order chi connectivity index (χ1) is 10.7. The van der Waals surface area contributed by atoms with Crippen LogP contribution < -0.4 is 5.32 Å². The third-order valence-electron chi connectivity index (χ3n) is 3.47. The number of carbonyl (C=O) groups is 2. The van der Waals surface area contributed by atoms with E-state index in [-0.39, 0.29) is 11.6 Å². The second kappa shape index (κ2) is 8.92. The molecule has 0 aromatic rings. The lowest BCUT2D eigenvalue weighted by Gasteiger charge is -2.26. The molecular weight excluding hydrogens is 300 g/mol. The van der Waals surface area contributed by atoms with Crippen LogP contribution in [0.1, 0.15) is 6.42 Å². The summed E-state index contributed by atoms with van der Waals surface area (Å²) >= 11 is 1.34. The van der Waals surface area contributed by atoms with Crippen LogP contribution in [-0.2, 0) is 14.3 Å².